The van der Waals surface area contributed by atoms with Crippen LogP contribution >= 0.6 is 11.8 Å². The summed E-state index contributed by atoms with van der Waals surface area (Å²) in [5.74, 6) is 1.17. The van der Waals surface area contributed by atoms with E-state index in [0.29, 0.717) is 12.0 Å². The highest BCUT2D eigenvalue weighted by molar-refractivity contribution is 7.99. The van der Waals surface area contributed by atoms with E-state index >= 15 is 0 Å². The summed E-state index contributed by atoms with van der Waals surface area (Å²) in [6.07, 6.45) is 2.37. The van der Waals surface area contributed by atoms with Crippen molar-refractivity contribution in [1.29, 1.82) is 0 Å². The summed E-state index contributed by atoms with van der Waals surface area (Å²) < 4.78 is 12.9. The van der Waals surface area contributed by atoms with E-state index in [1.54, 1.807) is 23.9 Å². The lowest BCUT2D eigenvalue weighted by atomic mass is 9.95. The molecule has 1 unspecified atom stereocenters. The van der Waals surface area contributed by atoms with E-state index in [1.807, 2.05) is 0 Å². The van der Waals surface area contributed by atoms with Gasteiger partial charge >= 0.3 is 0 Å². The standard InChI is InChI=1S/C15H22FNOS/c1-11(2)17-15(9-18,12-3-4-12)10-19-14-7-5-13(16)6-8-14/h5-8,11-12,17-18H,3-4,9-10H2,1-2H3. The second-order valence-electron chi connectivity index (χ2n) is 5.63. The molecule has 0 aromatic heterocycles. The van der Waals surface area contributed by atoms with Crippen molar-refractivity contribution in [3.63, 3.8) is 0 Å². The highest BCUT2D eigenvalue weighted by Crippen LogP contribution is 2.42. The molecule has 0 radical (unpaired) electrons. The topological polar surface area (TPSA) is 32.3 Å². The number of nitrogens with one attached hydrogen (secondary N) is 1. The van der Waals surface area contributed by atoms with Gasteiger partial charge in [-0.2, -0.15) is 0 Å². The first-order chi connectivity index (χ1) is 9.05. The van der Waals surface area contributed by atoms with Gasteiger partial charge in [0.15, 0.2) is 0 Å². The maximum atomic E-state index is 12.9. The third-order valence-electron chi connectivity index (χ3n) is 3.53. The van der Waals surface area contributed by atoms with Crippen molar-refractivity contribution in [3.05, 3.63) is 30.1 Å². The minimum absolute atomic E-state index is 0.157. The second kappa shape index (κ2) is 6.25. The Bertz CT molecular complexity index is 405. The van der Waals surface area contributed by atoms with Crippen LogP contribution in [0.5, 0.6) is 0 Å². The van der Waals surface area contributed by atoms with Gasteiger partial charge in [0, 0.05) is 16.7 Å². The molecular weight excluding hydrogens is 261 g/mol. The third-order valence-corrected chi connectivity index (χ3v) is 4.79. The van der Waals surface area contributed by atoms with Gasteiger partial charge in [-0.3, -0.25) is 0 Å². The lowest BCUT2D eigenvalue weighted by Crippen LogP contribution is -2.55. The molecule has 0 heterocycles. The lowest BCUT2D eigenvalue weighted by Gasteiger charge is -2.35. The largest absolute Gasteiger partial charge is 0.394 e. The van der Waals surface area contributed by atoms with Crippen molar-refractivity contribution in [2.24, 2.45) is 5.92 Å². The molecular formula is C15H22FNOS. The van der Waals surface area contributed by atoms with E-state index in [4.69, 9.17) is 0 Å². The van der Waals surface area contributed by atoms with Crippen LogP contribution in [-0.2, 0) is 0 Å². The van der Waals surface area contributed by atoms with Crippen LogP contribution in [0.4, 0.5) is 4.39 Å². The van der Waals surface area contributed by atoms with Crippen molar-refractivity contribution in [3.8, 4) is 0 Å². The predicted octanol–water partition coefficient (Wildman–Crippen LogP) is 3.06. The SMILES string of the molecule is CC(C)NC(CO)(CSc1ccc(F)cc1)C1CC1. The van der Waals surface area contributed by atoms with Gasteiger partial charge in [0.1, 0.15) is 5.82 Å². The highest BCUT2D eigenvalue weighted by Gasteiger charge is 2.44. The molecule has 106 valence electrons. The van der Waals surface area contributed by atoms with E-state index in [-0.39, 0.29) is 18.0 Å². The Labute approximate surface area is 118 Å². The van der Waals surface area contributed by atoms with Crippen LogP contribution in [0.1, 0.15) is 26.7 Å². The van der Waals surface area contributed by atoms with Crippen LogP contribution in [-0.4, -0.2) is 29.0 Å². The quantitative estimate of drug-likeness (QED) is 0.754. The first-order valence-corrected chi connectivity index (χ1v) is 7.81. The zero-order valence-electron chi connectivity index (χ0n) is 11.5. The monoisotopic (exact) mass is 283 g/mol. The second-order valence-corrected chi connectivity index (χ2v) is 6.68. The molecule has 2 N–H and O–H groups in total. The number of hydrogen-bond donors (Lipinski definition) is 2. The summed E-state index contributed by atoms with van der Waals surface area (Å²) >= 11 is 1.68. The van der Waals surface area contributed by atoms with Crippen molar-refractivity contribution in [1.82, 2.24) is 5.32 Å². The zero-order chi connectivity index (χ0) is 13.9. The van der Waals surface area contributed by atoms with Crippen molar-refractivity contribution in [2.45, 2.75) is 43.2 Å². The molecule has 0 spiro atoms. The van der Waals surface area contributed by atoms with Crippen molar-refractivity contribution in [2.75, 3.05) is 12.4 Å². The maximum Gasteiger partial charge on any atom is 0.123 e. The normalized spacial score (nSPS) is 18.6. The average molecular weight is 283 g/mol. The maximum absolute atomic E-state index is 12.9. The van der Waals surface area contributed by atoms with Crippen molar-refractivity contribution >= 4 is 11.8 Å². The lowest BCUT2D eigenvalue weighted by molar-refractivity contribution is 0.150. The Morgan fingerprint density at radius 1 is 1.37 bits per heavy atom. The summed E-state index contributed by atoms with van der Waals surface area (Å²) in [5, 5.41) is 13.4. The summed E-state index contributed by atoms with van der Waals surface area (Å²) in [4.78, 5) is 1.05. The van der Waals surface area contributed by atoms with Gasteiger partial charge in [0.25, 0.3) is 0 Å². The van der Waals surface area contributed by atoms with E-state index in [9.17, 15) is 9.50 Å². The Hall–Kier alpha value is -0.580. The highest BCUT2D eigenvalue weighted by atomic mass is 32.2. The molecule has 1 aliphatic carbocycles. The van der Waals surface area contributed by atoms with Crippen LogP contribution < -0.4 is 5.32 Å². The van der Waals surface area contributed by atoms with Crippen LogP contribution in [0.15, 0.2) is 29.2 Å². The molecule has 19 heavy (non-hydrogen) atoms. The van der Waals surface area contributed by atoms with Gasteiger partial charge in [0.2, 0.25) is 0 Å². The molecule has 0 bridgehead atoms. The van der Waals surface area contributed by atoms with Crippen LogP contribution in [0.25, 0.3) is 0 Å². The summed E-state index contributed by atoms with van der Waals surface area (Å²) in [7, 11) is 0. The fraction of sp³-hybridized carbons (Fsp3) is 0.600. The van der Waals surface area contributed by atoms with Gasteiger partial charge in [-0.15, -0.1) is 11.8 Å². The molecule has 2 rings (SSSR count). The zero-order valence-corrected chi connectivity index (χ0v) is 12.3. The number of rotatable bonds is 7. The summed E-state index contributed by atoms with van der Waals surface area (Å²) in [6, 6.07) is 6.90. The van der Waals surface area contributed by atoms with Crippen molar-refractivity contribution < 1.29 is 9.50 Å². The molecule has 1 aromatic rings. The smallest absolute Gasteiger partial charge is 0.123 e. The van der Waals surface area contributed by atoms with Gasteiger partial charge in [-0.25, -0.2) is 4.39 Å². The molecule has 0 amide bonds. The number of thioether (sulfide) groups is 1. The Balaban J connectivity index is 2.01. The minimum atomic E-state index is -0.208. The Morgan fingerprint density at radius 3 is 2.47 bits per heavy atom. The van der Waals surface area contributed by atoms with Crippen LogP contribution in [0.3, 0.4) is 0 Å². The minimum Gasteiger partial charge on any atom is -0.394 e. The van der Waals surface area contributed by atoms with E-state index in [1.165, 1.54) is 25.0 Å². The fourth-order valence-electron chi connectivity index (χ4n) is 2.45. The van der Waals surface area contributed by atoms with Gasteiger partial charge in [-0.05, 0) is 43.0 Å². The predicted molar refractivity (Wildman–Crippen MR) is 77.9 cm³/mol. The number of aliphatic hydroxyl groups is 1. The first-order valence-electron chi connectivity index (χ1n) is 6.83. The number of benzene rings is 1. The van der Waals surface area contributed by atoms with E-state index in [2.05, 4.69) is 19.2 Å². The molecule has 1 aliphatic rings. The molecule has 1 saturated carbocycles. The number of aliphatic hydroxyl groups excluding tert-OH is 1. The first kappa shape index (κ1) is 14.8. The molecule has 0 saturated heterocycles. The molecule has 0 aliphatic heterocycles. The van der Waals surface area contributed by atoms with Gasteiger partial charge < -0.3 is 10.4 Å². The van der Waals surface area contributed by atoms with Crippen LogP contribution in [0, 0.1) is 11.7 Å². The number of hydrogen-bond acceptors (Lipinski definition) is 3. The van der Waals surface area contributed by atoms with Gasteiger partial charge in [0.05, 0.1) is 12.1 Å². The number of halogens is 1. The van der Waals surface area contributed by atoms with Crippen LogP contribution in [0.2, 0.25) is 0 Å². The molecule has 1 atom stereocenters. The average Bonchev–Trinajstić information content (AvgIpc) is 3.20. The Kier molecular flexibility index (Phi) is 4.87. The van der Waals surface area contributed by atoms with E-state index < -0.39 is 0 Å². The molecule has 1 aromatic carbocycles. The molecule has 4 heteroatoms. The van der Waals surface area contributed by atoms with E-state index in [0.717, 1.165) is 10.6 Å². The van der Waals surface area contributed by atoms with Gasteiger partial charge in [-0.1, -0.05) is 13.8 Å². The summed E-state index contributed by atoms with van der Waals surface area (Å²) in [6.45, 7) is 4.37. The Morgan fingerprint density at radius 2 is 2.00 bits per heavy atom. The summed E-state index contributed by atoms with van der Waals surface area (Å²) in [5.41, 5.74) is -0.201. The molecule has 1 fully saturated rings. The molecule has 2 nitrogen and oxygen atoms in total. The third kappa shape index (κ3) is 3.94. The fourth-order valence-corrected chi connectivity index (χ4v) is 3.61.